The Balaban J connectivity index is -0.0000000450. The molecule has 4 heteroatoms. The van der Waals surface area contributed by atoms with E-state index in [0.29, 0.717) is 0 Å². The summed E-state index contributed by atoms with van der Waals surface area (Å²) in [7, 11) is 0. The minimum absolute atomic E-state index is 0. The zero-order chi connectivity index (χ0) is 3.58. The molecular weight excluding hydrogens is 136 g/mol. The molecule has 0 saturated carbocycles. The molecule has 2 nitrogen and oxygen atoms in total. The van der Waals surface area contributed by atoms with E-state index in [1.807, 2.05) is 0 Å². The molecule has 0 fully saturated rings. The van der Waals surface area contributed by atoms with Crippen LogP contribution in [0.5, 0.6) is 0 Å². The number of rotatable bonds is 0. The monoisotopic (exact) mass is 140 g/mol. The van der Waals surface area contributed by atoms with Crippen LogP contribution in [0, 0.1) is 0 Å². The summed E-state index contributed by atoms with van der Waals surface area (Å²) in [5, 5.41) is 7.42. The summed E-state index contributed by atoms with van der Waals surface area (Å²) in [5.41, 5.74) is 0. The largest absolute Gasteiger partial charge is 0.481 e. The van der Waals surface area contributed by atoms with Crippen LogP contribution in [0.3, 0.4) is 0 Å². The number of aliphatic carboxylic acids is 1. The van der Waals surface area contributed by atoms with E-state index in [9.17, 15) is 0 Å². The van der Waals surface area contributed by atoms with Gasteiger partial charge in [0.2, 0.25) is 0 Å². The van der Waals surface area contributed by atoms with Crippen LogP contribution in [0.4, 0.5) is 0 Å². The van der Waals surface area contributed by atoms with E-state index >= 15 is 0 Å². The fourth-order valence-electron chi connectivity index (χ4n) is 0. The maximum atomic E-state index is 9.00. The Bertz CT molecular complexity index is 32.5. The molecule has 0 spiro atoms. The van der Waals surface area contributed by atoms with Gasteiger partial charge < -0.3 is 5.11 Å². The average molecular weight is 140 g/mol. The van der Waals surface area contributed by atoms with Crippen molar-refractivity contribution in [1.82, 2.24) is 0 Å². The minimum Gasteiger partial charge on any atom is -0.481 e. The molecule has 0 bridgehead atoms. The van der Waals surface area contributed by atoms with Crippen LogP contribution in [0.1, 0.15) is 6.92 Å². The topological polar surface area (TPSA) is 37.3 Å². The van der Waals surface area contributed by atoms with Crippen molar-refractivity contribution in [2.45, 2.75) is 6.92 Å². The molecule has 0 aliphatic heterocycles. The van der Waals surface area contributed by atoms with E-state index in [1.165, 1.54) is 0 Å². The van der Waals surface area contributed by atoms with E-state index in [2.05, 4.69) is 0 Å². The van der Waals surface area contributed by atoms with E-state index in [-0.39, 0.29) is 75.5 Å². The molecule has 0 aromatic heterocycles. The summed E-state index contributed by atoms with van der Waals surface area (Å²) in [6.45, 7) is 1.08. The van der Waals surface area contributed by atoms with E-state index in [1.54, 1.807) is 0 Å². The summed E-state index contributed by atoms with van der Waals surface area (Å²) < 4.78 is 0. The number of hydrogen-bond acceptors (Lipinski definition) is 1. The van der Waals surface area contributed by atoms with Crippen LogP contribution in [0.2, 0.25) is 0 Å². The van der Waals surface area contributed by atoms with E-state index in [0.717, 1.165) is 6.92 Å². The summed E-state index contributed by atoms with van der Waals surface area (Å²) >= 11 is 0. The fourth-order valence-corrected chi connectivity index (χ4v) is 0. The maximum Gasteiger partial charge on any atom is 0.300 e. The van der Waals surface area contributed by atoms with Crippen molar-refractivity contribution in [3.05, 3.63) is 0 Å². The number of carbonyl (C=O) groups is 1. The second-order valence-corrected chi connectivity index (χ2v) is 0.519. The molecule has 0 saturated heterocycles. The second kappa shape index (κ2) is 10.1. The van der Waals surface area contributed by atoms with Crippen LogP contribution >= 0.6 is 0 Å². The standard InChI is InChI=1S/C2H4O2.2Ca/c1-2(3)4;;/h1H3,(H,3,4);;. The van der Waals surface area contributed by atoms with Gasteiger partial charge in [0.25, 0.3) is 5.97 Å². The third-order valence-electron chi connectivity index (χ3n) is 0. The zero-order valence-electron chi connectivity index (χ0n) is 3.77. The molecule has 0 aromatic rings. The summed E-state index contributed by atoms with van der Waals surface area (Å²) in [4.78, 5) is 9.00. The molecular formula is C2H4Ca2O2. The maximum absolute atomic E-state index is 9.00. The predicted octanol–water partition coefficient (Wildman–Crippen LogP) is -0.671. The first-order valence-electron chi connectivity index (χ1n) is 0.928. The Kier molecular flexibility index (Phi) is 26.3. The summed E-state index contributed by atoms with van der Waals surface area (Å²) in [6, 6.07) is 0. The molecule has 0 atom stereocenters. The molecule has 0 aliphatic carbocycles. The minimum atomic E-state index is -0.833. The van der Waals surface area contributed by atoms with Gasteiger partial charge in [-0.3, -0.25) is 4.79 Å². The molecule has 4 radical (unpaired) electrons. The molecule has 0 aliphatic rings. The Hall–Kier alpha value is 1.99. The van der Waals surface area contributed by atoms with Gasteiger partial charge >= 0.3 is 0 Å². The predicted molar refractivity (Wildman–Crippen MR) is 24.8 cm³/mol. The Labute approximate surface area is 96.3 Å². The van der Waals surface area contributed by atoms with Gasteiger partial charge in [-0.25, -0.2) is 0 Å². The Morgan fingerprint density at radius 2 is 1.50 bits per heavy atom. The summed E-state index contributed by atoms with van der Waals surface area (Å²) in [5.74, 6) is -0.833. The van der Waals surface area contributed by atoms with Gasteiger partial charge in [-0.1, -0.05) is 0 Å². The molecule has 6 heavy (non-hydrogen) atoms. The first kappa shape index (κ1) is 15.7. The number of hydrogen-bond donors (Lipinski definition) is 1. The van der Waals surface area contributed by atoms with Gasteiger partial charge in [0.15, 0.2) is 0 Å². The molecule has 28 valence electrons. The van der Waals surface area contributed by atoms with Crippen LogP contribution in [-0.2, 0) is 4.79 Å². The van der Waals surface area contributed by atoms with Crippen LogP contribution in [-0.4, -0.2) is 86.6 Å². The smallest absolute Gasteiger partial charge is 0.300 e. The van der Waals surface area contributed by atoms with Crippen molar-refractivity contribution < 1.29 is 9.90 Å². The van der Waals surface area contributed by atoms with Gasteiger partial charge in [0.1, 0.15) is 0 Å². The molecule has 0 amide bonds. The normalized spacial score (nSPS) is 4.17. The van der Waals surface area contributed by atoms with Gasteiger partial charge in [-0.2, -0.15) is 0 Å². The van der Waals surface area contributed by atoms with Gasteiger partial charge in [0, 0.05) is 82.4 Å². The van der Waals surface area contributed by atoms with Crippen molar-refractivity contribution in [3.8, 4) is 0 Å². The third kappa shape index (κ3) is 37.7. The van der Waals surface area contributed by atoms with Crippen molar-refractivity contribution >= 4 is 81.4 Å². The molecule has 0 rings (SSSR count). The van der Waals surface area contributed by atoms with Crippen molar-refractivity contribution in [1.29, 1.82) is 0 Å². The van der Waals surface area contributed by atoms with Crippen LogP contribution in [0.25, 0.3) is 0 Å². The van der Waals surface area contributed by atoms with Crippen LogP contribution < -0.4 is 0 Å². The quantitative estimate of drug-likeness (QED) is 0.453. The van der Waals surface area contributed by atoms with Gasteiger partial charge in [-0.15, -0.1) is 0 Å². The molecule has 1 N–H and O–H groups in total. The second-order valence-electron chi connectivity index (χ2n) is 0.519. The molecule has 0 aromatic carbocycles. The van der Waals surface area contributed by atoms with Crippen molar-refractivity contribution in [2.24, 2.45) is 0 Å². The third-order valence-corrected chi connectivity index (χ3v) is 0. The van der Waals surface area contributed by atoms with E-state index < -0.39 is 5.97 Å². The number of carboxylic acid groups (broad SMARTS) is 1. The zero-order valence-corrected chi connectivity index (χ0v) is 8.19. The molecule has 0 unspecified atom stereocenters. The van der Waals surface area contributed by atoms with Crippen molar-refractivity contribution in [2.75, 3.05) is 0 Å². The Morgan fingerprint density at radius 1 is 1.50 bits per heavy atom. The van der Waals surface area contributed by atoms with Crippen molar-refractivity contribution in [3.63, 3.8) is 0 Å². The average Bonchev–Trinajstić information content (AvgIpc) is 0.811. The fraction of sp³-hybridized carbons (Fsp3) is 0.500. The SMILES string of the molecule is CC(=O)O.[Ca].[Ca]. The first-order valence-corrected chi connectivity index (χ1v) is 0.928. The van der Waals surface area contributed by atoms with Crippen LogP contribution in [0.15, 0.2) is 0 Å². The van der Waals surface area contributed by atoms with E-state index in [4.69, 9.17) is 9.90 Å². The molecule has 0 heterocycles. The van der Waals surface area contributed by atoms with Gasteiger partial charge in [-0.05, 0) is 0 Å². The van der Waals surface area contributed by atoms with Gasteiger partial charge in [0.05, 0.1) is 0 Å². The Morgan fingerprint density at radius 3 is 1.50 bits per heavy atom. The number of carboxylic acids is 1. The first-order chi connectivity index (χ1) is 1.73. The summed E-state index contributed by atoms with van der Waals surface area (Å²) in [6.07, 6.45) is 0.